The maximum Gasteiger partial charge on any atom is 0.262 e. The molecule has 0 unspecified atom stereocenters. The van der Waals surface area contributed by atoms with Crippen LogP contribution >= 0.6 is 0 Å². The Morgan fingerprint density at radius 2 is 1.85 bits per heavy atom. The SMILES string of the molecule is N=C1CN(c2ccc(O)cc2)C(=O)/C1=C/Nc1ccc(N2CCCC2)nc1. The number of nitrogens with one attached hydrogen (secondary N) is 2. The van der Waals surface area contributed by atoms with E-state index in [-0.39, 0.29) is 23.9 Å². The van der Waals surface area contributed by atoms with E-state index in [1.165, 1.54) is 29.9 Å². The average molecular weight is 363 g/mol. The van der Waals surface area contributed by atoms with Crippen LogP contribution in [0.4, 0.5) is 17.2 Å². The van der Waals surface area contributed by atoms with Crippen LogP contribution in [0, 0.1) is 5.41 Å². The molecule has 7 nitrogen and oxygen atoms in total. The summed E-state index contributed by atoms with van der Waals surface area (Å²) in [5.41, 5.74) is 2.01. The van der Waals surface area contributed by atoms with Crippen molar-refractivity contribution < 1.29 is 9.90 Å². The summed E-state index contributed by atoms with van der Waals surface area (Å²) in [7, 11) is 0. The van der Waals surface area contributed by atoms with Gasteiger partial charge in [0, 0.05) is 25.0 Å². The van der Waals surface area contributed by atoms with E-state index in [4.69, 9.17) is 5.41 Å². The molecule has 1 aromatic carbocycles. The number of pyridine rings is 1. The van der Waals surface area contributed by atoms with Gasteiger partial charge in [0.2, 0.25) is 0 Å². The molecule has 0 spiro atoms. The number of phenolic OH excluding ortho intramolecular Hbond substituents is 1. The van der Waals surface area contributed by atoms with E-state index >= 15 is 0 Å². The molecule has 0 radical (unpaired) electrons. The van der Waals surface area contributed by atoms with Crippen molar-refractivity contribution in [2.24, 2.45) is 0 Å². The molecule has 2 aliphatic heterocycles. The largest absolute Gasteiger partial charge is 0.508 e. The van der Waals surface area contributed by atoms with E-state index in [2.05, 4.69) is 15.2 Å². The Bertz CT molecular complexity index is 884. The van der Waals surface area contributed by atoms with Crippen LogP contribution in [-0.2, 0) is 4.79 Å². The van der Waals surface area contributed by atoms with Crippen LogP contribution in [0.25, 0.3) is 0 Å². The molecule has 1 aromatic heterocycles. The Morgan fingerprint density at radius 3 is 2.52 bits per heavy atom. The van der Waals surface area contributed by atoms with Crippen LogP contribution in [0.3, 0.4) is 0 Å². The zero-order valence-corrected chi connectivity index (χ0v) is 14.9. The first-order chi connectivity index (χ1) is 13.1. The minimum absolute atomic E-state index is 0.141. The van der Waals surface area contributed by atoms with Gasteiger partial charge in [0.05, 0.1) is 29.7 Å². The number of phenols is 1. The molecule has 1 amide bonds. The van der Waals surface area contributed by atoms with E-state index in [1.807, 2.05) is 12.1 Å². The second-order valence-corrected chi connectivity index (χ2v) is 6.69. The molecular formula is C20H21N5O2. The lowest BCUT2D eigenvalue weighted by molar-refractivity contribution is -0.114. The Balaban J connectivity index is 1.46. The molecular weight excluding hydrogens is 342 g/mol. The second-order valence-electron chi connectivity index (χ2n) is 6.69. The number of aromatic hydroxyl groups is 1. The molecule has 27 heavy (non-hydrogen) atoms. The number of hydrogen-bond donors (Lipinski definition) is 3. The zero-order valence-electron chi connectivity index (χ0n) is 14.9. The molecule has 2 fully saturated rings. The molecule has 0 saturated carbocycles. The lowest BCUT2D eigenvalue weighted by Gasteiger charge is -2.16. The topological polar surface area (TPSA) is 92.6 Å². The van der Waals surface area contributed by atoms with Gasteiger partial charge in [-0.05, 0) is 49.2 Å². The molecule has 4 rings (SSSR count). The summed E-state index contributed by atoms with van der Waals surface area (Å²) in [6, 6.07) is 10.3. The summed E-state index contributed by atoms with van der Waals surface area (Å²) < 4.78 is 0. The number of carbonyl (C=O) groups excluding carboxylic acids is 1. The molecule has 2 aromatic rings. The number of benzene rings is 1. The number of hydrogen-bond acceptors (Lipinski definition) is 6. The van der Waals surface area contributed by atoms with Gasteiger partial charge in [-0.2, -0.15) is 0 Å². The summed E-state index contributed by atoms with van der Waals surface area (Å²) in [4.78, 5) is 20.9. The van der Waals surface area contributed by atoms with Gasteiger partial charge in [0.15, 0.2) is 0 Å². The van der Waals surface area contributed by atoms with Crippen LogP contribution in [0.1, 0.15) is 12.8 Å². The van der Waals surface area contributed by atoms with Gasteiger partial charge < -0.3 is 25.6 Å². The number of nitrogens with zero attached hydrogens (tertiary/aromatic N) is 3. The van der Waals surface area contributed by atoms with E-state index in [0.717, 1.165) is 24.6 Å². The Morgan fingerprint density at radius 1 is 1.11 bits per heavy atom. The second kappa shape index (κ2) is 7.11. The quantitative estimate of drug-likeness (QED) is 0.727. The predicted octanol–water partition coefficient (Wildman–Crippen LogP) is 2.75. The van der Waals surface area contributed by atoms with Crippen molar-refractivity contribution in [2.75, 3.05) is 34.8 Å². The highest BCUT2D eigenvalue weighted by molar-refractivity contribution is 6.32. The number of anilines is 3. The summed E-state index contributed by atoms with van der Waals surface area (Å²) in [5.74, 6) is 0.872. The normalized spacial score (nSPS) is 18.6. The van der Waals surface area contributed by atoms with Crippen molar-refractivity contribution in [1.82, 2.24) is 4.98 Å². The summed E-state index contributed by atoms with van der Waals surface area (Å²) in [6.07, 6.45) is 5.72. The Hall–Kier alpha value is -3.35. The third-order valence-electron chi connectivity index (χ3n) is 4.84. The van der Waals surface area contributed by atoms with Gasteiger partial charge in [-0.3, -0.25) is 4.79 Å². The molecule has 3 heterocycles. The molecule has 7 heteroatoms. The van der Waals surface area contributed by atoms with Crippen LogP contribution in [0.15, 0.2) is 54.4 Å². The van der Waals surface area contributed by atoms with Crippen LogP contribution in [0.2, 0.25) is 0 Å². The lowest BCUT2D eigenvalue weighted by Crippen LogP contribution is -2.24. The Labute approximate surface area is 157 Å². The standard InChI is InChI=1S/C20H21N5O2/c21-18-13-25(15-4-6-16(26)7-5-15)20(27)17(18)12-22-14-3-8-19(23-11-14)24-9-1-2-10-24/h3-8,11-12,21-22,26H,1-2,9-10,13H2/b17-12+,21-18?. The van der Waals surface area contributed by atoms with Crippen molar-refractivity contribution in [1.29, 1.82) is 5.41 Å². The van der Waals surface area contributed by atoms with E-state index in [9.17, 15) is 9.90 Å². The van der Waals surface area contributed by atoms with Gasteiger partial charge in [-0.25, -0.2) is 4.98 Å². The maximum absolute atomic E-state index is 12.6. The first kappa shape index (κ1) is 17.1. The first-order valence-electron chi connectivity index (χ1n) is 8.98. The zero-order chi connectivity index (χ0) is 18.8. The van der Waals surface area contributed by atoms with Crippen molar-refractivity contribution in [3.05, 3.63) is 54.4 Å². The van der Waals surface area contributed by atoms with Crippen LogP contribution in [0.5, 0.6) is 5.75 Å². The van der Waals surface area contributed by atoms with E-state index < -0.39 is 0 Å². The highest BCUT2D eigenvalue weighted by Crippen LogP contribution is 2.25. The van der Waals surface area contributed by atoms with Gasteiger partial charge in [-0.15, -0.1) is 0 Å². The molecule has 0 bridgehead atoms. The van der Waals surface area contributed by atoms with E-state index in [1.54, 1.807) is 24.5 Å². The van der Waals surface area contributed by atoms with E-state index in [0.29, 0.717) is 11.3 Å². The van der Waals surface area contributed by atoms with Crippen molar-refractivity contribution in [3.8, 4) is 5.75 Å². The highest BCUT2D eigenvalue weighted by Gasteiger charge is 2.31. The molecule has 0 aliphatic carbocycles. The third-order valence-corrected chi connectivity index (χ3v) is 4.84. The van der Waals surface area contributed by atoms with Gasteiger partial charge in [0.25, 0.3) is 5.91 Å². The average Bonchev–Trinajstić information content (AvgIpc) is 3.30. The Kier molecular flexibility index (Phi) is 4.50. The fraction of sp³-hybridized carbons (Fsp3) is 0.250. The molecule has 2 aliphatic rings. The smallest absolute Gasteiger partial charge is 0.262 e. The third kappa shape index (κ3) is 3.48. The fourth-order valence-electron chi connectivity index (χ4n) is 3.34. The minimum atomic E-state index is -0.236. The molecule has 3 N–H and O–H groups in total. The number of rotatable bonds is 4. The maximum atomic E-state index is 12.6. The lowest BCUT2D eigenvalue weighted by atomic mass is 10.2. The van der Waals surface area contributed by atoms with Crippen molar-refractivity contribution in [3.63, 3.8) is 0 Å². The summed E-state index contributed by atoms with van der Waals surface area (Å²) in [6.45, 7) is 2.30. The van der Waals surface area contributed by atoms with Gasteiger partial charge in [0.1, 0.15) is 11.6 Å². The van der Waals surface area contributed by atoms with Gasteiger partial charge >= 0.3 is 0 Å². The van der Waals surface area contributed by atoms with Crippen molar-refractivity contribution in [2.45, 2.75) is 12.8 Å². The monoisotopic (exact) mass is 363 g/mol. The number of aromatic nitrogens is 1. The molecule has 0 atom stereocenters. The van der Waals surface area contributed by atoms with Crippen molar-refractivity contribution >= 4 is 28.8 Å². The number of carbonyl (C=O) groups is 1. The highest BCUT2D eigenvalue weighted by atomic mass is 16.3. The van der Waals surface area contributed by atoms with Gasteiger partial charge in [-0.1, -0.05) is 0 Å². The minimum Gasteiger partial charge on any atom is -0.508 e. The fourth-order valence-corrected chi connectivity index (χ4v) is 3.34. The van der Waals surface area contributed by atoms with Crippen LogP contribution < -0.4 is 15.1 Å². The number of amides is 1. The van der Waals surface area contributed by atoms with Crippen LogP contribution in [-0.4, -0.2) is 41.3 Å². The molecule has 138 valence electrons. The summed E-state index contributed by atoms with van der Waals surface area (Å²) >= 11 is 0. The summed E-state index contributed by atoms with van der Waals surface area (Å²) in [5, 5.41) is 20.6. The first-order valence-corrected chi connectivity index (χ1v) is 8.98. The molecule has 2 saturated heterocycles. The predicted molar refractivity (Wildman–Crippen MR) is 106 cm³/mol.